The molecule has 4 unspecified atom stereocenters. The number of aliphatic hydroxyl groups is 1. The van der Waals surface area contributed by atoms with Gasteiger partial charge in [0.1, 0.15) is 18.1 Å². The summed E-state index contributed by atoms with van der Waals surface area (Å²) in [6, 6.07) is 6.05. The molecule has 0 aliphatic heterocycles. The molecule has 7 atom stereocenters. The van der Waals surface area contributed by atoms with Crippen LogP contribution in [0, 0.1) is 28.6 Å². The molecule has 0 bridgehead atoms. The minimum absolute atomic E-state index is 0.0337. The van der Waals surface area contributed by atoms with Gasteiger partial charge in [-0.1, -0.05) is 31.1 Å². The first-order chi connectivity index (χ1) is 23.7. The Hall–Kier alpha value is -2.63. The summed E-state index contributed by atoms with van der Waals surface area (Å²) in [6.07, 6.45) is 12.7. The maximum absolute atomic E-state index is 11.2. The largest absolute Gasteiger partial charge is 0.508 e. The highest BCUT2D eigenvalue weighted by atomic mass is 16.6. The van der Waals surface area contributed by atoms with Gasteiger partial charge >= 0.3 is 0 Å². The van der Waals surface area contributed by atoms with Crippen molar-refractivity contribution < 1.29 is 33.9 Å². The average molecular weight is 683 g/mol. The van der Waals surface area contributed by atoms with Crippen molar-refractivity contribution in [2.24, 2.45) is 33.7 Å². The fraction of sp³-hybridized carbons (Fsp3) is 0.737. The number of hydrogen-bond acceptors (Lipinski definition) is 9. The SMILES string of the molecule is CN(CCOCCOCCOCCOCCN=[N+]=[N-])CCOC1=CCC(C)([C@H]2C[C@@]3(C)C(CC[C@@H]3O)C3CCc4cc(O)ccc4C32)C=C1. The molecule has 49 heavy (non-hydrogen) atoms. The van der Waals surface area contributed by atoms with E-state index in [1.54, 1.807) is 0 Å². The maximum Gasteiger partial charge on any atom is 0.115 e. The highest BCUT2D eigenvalue weighted by molar-refractivity contribution is 5.41. The molecule has 2 N–H and O–H groups in total. The Bertz CT molecular complexity index is 1320. The van der Waals surface area contributed by atoms with Crippen molar-refractivity contribution in [3.8, 4) is 5.75 Å². The second kappa shape index (κ2) is 18.0. The quantitative estimate of drug-likeness (QED) is 0.0738. The molecule has 0 aromatic heterocycles. The summed E-state index contributed by atoms with van der Waals surface area (Å²) >= 11 is 0. The van der Waals surface area contributed by atoms with E-state index < -0.39 is 0 Å². The van der Waals surface area contributed by atoms with E-state index in [2.05, 4.69) is 60.1 Å². The number of nitrogens with zero attached hydrogens (tertiary/aromatic N) is 4. The molecule has 4 aliphatic rings. The summed E-state index contributed by atoms with van der Waals surface area (Å²) in [4.78, 5) is 4.88. The molecule has 11 nitrogen and oxygen atoms in total. The lowest BCUT2D eigenvalue weighted by Crippen LogP contribution is -2.51. The second-order valence-corrected chi connectivity index (χ2v) is 14.8. The molecule has 272 valence electrons. The van der Waals surface area contributed by atoms with E-state index in [4.69, 9.17) is 29.2 Å². The number of likely N-dealkylation sites (N-methyl/N-ethyl adjacent to an activating group) is 1. The number of ether oxygens (including phenoxy) is 5. The lowest BCUT2D eigenvalue weighted by atomic mass is 9.47. The number of phenolic OH excluding ortho intramolecular Hbond substituents is 1. The van der Waals surface area contributed by atoms with E-state index in [0.29, 0.717) is 95.4 Å². The first-order valence-electron chi connectivity index (χ1n) is 18.3. The average Bonchev–Trinajstić information content (AvgIpc) is 3.40. The molecule has 1 aromatic carbocycles. The van der Waals surface area contributed by atoms with Crippen molar-refractivity contribution in [1.82, 2.24) is 4.90 Å². The summed E-state index contributed by atoms with van der Waals surface area (Å²) in [5.41, 5.74) is 10.9. The van der Waals surface area contributed by atoms with Crippen LogP contribution < -0.4 is 0 Å². The van der Waals surface area contributed by atoms with Crippen molar-refractivity contribution in [1.29, 1.82) is 0 Å². The Kier molecular flexibility index (Phi) is 13.8. The van der Waals surface area contributed by atoms with Crippen LogP contribution in [-0.4, -0.2) is 107 Å². The standard InChI is InChI=1S/C38H58N4O7/c1-37(34-27-38(2)33(8-9-35(38)44)32-6-4-28-26-29(43)5-7-31(28)36(32)34)12-10-30(11-13-37)49-19-16-42(3)15-18-46-21-23-48-25-24-47-22-20-45-17-14-40-41-39/h5,7,10-12,26,32-36,43-44H,4,6,8-9,13-25,27H2,1-3H3/t32?,33?,34-,35-,36?,37?,38-/m0/s1. The minimum atomic E-state index is -0.227. The van der Waals surface area contributed by atoms with Crippen LogP contribution in [0.2, 0.25) is 0 Å². The molecule has 0 spiro atoms. The Morgan fingerprint density at radius 1 is 0.918 bits per heavy atom. The van der Waals surface area contributed by atoms with Gasteiger partial charge in [-0.3, -0.25) is 0 Å². The molecule has 1 aromatic rings. The third-order valence-electron chi connectivity index (χ3n) is 11.8. The van der Waals surface area contributed by atoms with E-state index in [1.807, 2.05) is 12.1 Å². The molecule has 0 radical (unpaired) electrons. The van der Waals surface area contributed by atoms with E-state index in [-0.39, 0.29) is 16.9 Å². The minimum Gasteiger partial charge on any atom is -0.508 e. The summed E-state index contributed by atoms with van der Waals surface area (Å²) in [7, 11) is 2.08. The van der Waals surface area contributed by atoms with Gasteiger partial charge in [-0.05, 0) is 121 Å². The van der Waals surface area contributed by atoms with Crippen molar-refractivity contribution >= 4 is 0 Å². The van der Waals surface area contributed by atoms with Crippen LogP contribution in [0.5, 0.6) is 5.75 Å². The number of benzene rings is 1. The Labute approximate surface area is 292 Å². The fourth-order valence-electron chi connectivity index (χ4n) is 8.99. The highest BCUT2D eigenvalue weighted by Crippen LogP contribution is 2.66. The summed E-state index contributed by atoms with van der Waals surface area (Å²) in [5, 5.41) is 24.9. The predicted octanol–water partition coefficient (Wildman–Crippen LogP) is 6.01. The molecular weight excluding hydrogens is 624 g/mol. The van der Waals surface area contributed by atoms with Gasteiger partial charge < -0.3 is 38.8 Å². The third kappa shape index (κ3) is 9.58. The van der Waals surface area contributed by atoms with Gasteiger partial charge in [0, 0.05) is 24.5 Å². The van der Waals surface area contributed by atoms with E-state index in [1.165, 1.54) is 11.1 Å². The lowest BCUT2D eigenvalue weighted by Gasteiger charge is -2.58. The van der Waals surface area contributed by atoms with Gasteiger partial charge in [-0.15, -0.1) is 0 Å². The first kappa shape index (κ1) is 37.6. The zero-order valence-corrected chi connectivity index (χ0v) is 29.8. The fourth-order valence-corrected chi connectivity index (χ4v) is 8.99. The number of fused-ring (bicyclic) bond motifs is 5. The predicted molar refractivity (Wildman–Crippen MR) is 188 cm³/mol. The molecular formula is C38H58N4O7. The molecule has 0 saturated heterocycles. The summed E-state index contributed by atoms with van der Waals surface area (Å²) in [6.45, 7) is 11.4. The summed E-state index contributed by atoms with van der Waals surface area (Å²) in [5.74, 6) is 3.26. The van der Waals surface area contributed by atoms with E-state index >= 15 is 0 Å². The van der Waals surface area contributed by atoms with E-state index in [0.717, 1.165) is 57.4 Å². The van der Waals surface area contributed by atoms with Gasteiger partial charge in [0.25, 0.3) is 0 Å². The van der Waals surface area contributed by atoms with Crippen molar-refractivity contribution in [3.63, 3.8) is 0 Å². The number of aromatic hydroxyl groups is 1. The first-order valence-corrected chi connectivity index (χ1v) is 18.3. The van der Waals surface area contributed by atoms with Gasteiger partial charge in [0.2, 0.25) is 0 Å². The van der Waals surface area contributed by atoms with Crippen LogP contribution in [0.1, 0.15) is 63.0 Å². The highest BCUT2D eigenvalue weighted by Gasteiger charge is 2.60. The zero-order chi connectivity index (χ0) is 34.7. The molecule has 5 rings (SSSR count). The van der Waals surface area contributed by atoms with Crippen LogP contribution in [0.4, 0.5) is 0 Å². The van der Waals surface area contributed by atoms with Crippen LogP contribution in [0.15, 0.2) is 47.3 Å². The Morgan fingerprint density at radius 3 is 2.31 bits per heavy atom. The number of aryl methyl sites for hydroxylation is 1. The van der Waals surface area contributed by atoms with Gasteiger partial charge in [-0.25, -0.2) is 0 Å². The molecule has 2 saturated carbocycles. The van der Waals surface area contributed by atoms with E-state index in [9.17, 15) is 10.2 Å². The molecule has 0 amide bonds. The van der Waals surface area contributed by atoms with Crippen LogP contribution in [-0.2, 0) is 30.1 Å². The third-order valence-corrected chi connectivity index (χ3v) is 11.8. The number of azide groups is 1. The topological polar surface area (TPSA) is 139 Å². The van der Waals surface area contributed by atoms with Crippen LogP contribution in [0.25, 0.3) is 10.4 Å². The zero-order valence-electron chi connectivity index (χ0n) is 29.8. The van der Waals surface area contributed by atoms with Crippen LogP contribution >= 0.6 is 0 Å². The molecule has 4 aliphatic carbocycles. The molecule has 11 heteroatoms. The molecule has 0 heterocycles. The maximum atomic E-state index is 11.2. The number of rotatable bonds is 20. The van der Waals surface area contributed by atoms with Crippen molar-refractivity contribution in [3.05, 3.63) is 63.8 Å². The summed E-state index contributed by atoms with van der Waals surface area (Å²) < 4.78 is 28.2. The number of phenols is 1. The van der Waals surface area contributed by atoms with Gasteiger partial charge in [0.05, 0.1) is 59.0 Å². The monoisotopic (exact) mass is 682 g/mol. The second-order valence-electron chi connectivity index (χ2n) is 14.8. The number of aliphatic hydroxyl groups excluding tert-OH is 1. The van der Waals surface area contributed by atoms with Gasteiger partial charge in [-0.2, -0.15) is 0 Å². The van der Waals surface area contributed by atoms with Gasteiger partial charge in [0.15, 0.2) is 0 Å². The van der Waals surface area contributed by atoms with Crippen molar-refractivity contribution in [2.75, 3.05) is 86.1 Å². The molecule has 2 fully saturated rings. The lowest BCUT2D eigenvalue weighted by molar-refractivity contribution is -0.0707. The Balaban J connectivity index is 0.995. The van der Waals surface area contributed by atoms with Crippen molar-refractivity contribution in [2.45, 2.75) is 64.4 Å². The Morgan fingerprint density at radius 2 is 1.61 bits per heavy atom. The normalized spacial score (nSPS) is 30.3. The number of allylic oxidation sites excluding steroid dienone is 3. The van der Waals surface area contributed by atoms with Crippen LogP contribution in [0.3, 0.4) is 0 Å². The number of hydrogen-bond donors (Lipinski definition) is 2. The smallest absolute Gasteiger partial charge is 0.115 e.